The van der Waals surface area contributed by atoms with Gasteiger partial charge in [-0.3, -0.25) is 14.2 Å². The van der Waals surface area contributed by atoms with Gasteiger partial charge in [0.15, 0.2) is 0 Å². The number of benzene rings is 2. The summed E-state index contributed by atoms with van der Waals surface area (Å²) in [6.45, 7) is 8.53. The summed E-state index contributed by atoms with van der Waals surface area (Å²) in [5, 5.41) is 5.64. The zero-order valence-corrected chi connectivity index (χ0v) is 19.6. The third-order valence-corrected chi connectivity index (χ3v) is 6.58. The molecule has 0 saturated carbocycles. The summed E-state index contributed by atoms with van der Waals surface area (Å²) in [4.78, 5) is 31.1. The highest BCUT2D eigenvalue weighted by Crippen LogP contribution is 2.31. The van der Waals surface area contributed by atoms with Gasteiger partial charge in [-0.2, -0.15) is 0 Å². The van der Waals surface area contributed by atoms with Crippen LogP contribution in [0.25, 0.3) is 21.3 Å². The van der Waals surface area contributed by atoms with E-state index in [1.54, 1.807) is 6.33 Å². The second kappa shape index (κ2) is 9.09. The molecule has 0 bridgehead atoms. The molecule has 164 valence electrons. The van der Waals surface area contributed by atoms with Crippen molar-refractivity contribution in [1.29, 1.82) is 0 Å². The highest BCUT2D eigenvalue weighted by molar-refractivity contribution is 7.17. The second-order valence-corrected chi connectivity index (χ2v) is 9.29. The molecule has 2 aromatic heterocycles. The van der Waals surface area contributed by atoms with Crippen LogP contribution in [-0.4, -0.2) is 15.5 Å². The van der Waals surface area contributed by atoms with Crippen LogP contribution in [0.2, 0.25) is 0 Å². The van der Waals surface area contributed by atoms with Crippen LogP contribution >= 0.6 is 11.3 Å². The lowest BCUT2D eigenvalue weighted by Crippen LogP contribution is -2.24. The van der Waals surface area contributed by atoms with E-state index < -0.39 is 0 Å². The lowest BCUT2D eigenvalue weighted by molar-refractivity contribution is -0.116. The Hall–Kier alpha value is -3.25. The van der Waals surface area contributed by atoms with E-state index in [4.69, 9.17) is 0 Å². The van der Waals surface area contributed by atoms with Crippen LogP contribution in [0.4, 0.5) is 5.69 Å². The first-order valence-electron chi connectivity index (χ1n) is 10.8. The Balaban J connectivity index is 1.56. The van der Waals surface area contributed by atoms with E-state index in [2.05, 4.69) is 24.1 Å². The molecule has 1 amide bonds. The maximum atomic E-state index is 13.2. The van der Waals surface area contributed by atoms with Crippen molar-refractivity contribution < 1.29 is 4.79 Å². The van der Waals surface area contributed by atoms with Crippen molar-refractivity contribution >= 4 is 33.1 Å². The van der Waals surface area contributed by atoms with E-state index in [-0.39, 0.29) is 24.4 Å². The summed E-state index contributed by atoms with van der Waals surface area (Å²) in [6.07, 6.45) is 1.74. The van der Waals surface area contributed by atoms with Crippen LogP contribution < -0.4 is 10.9 Å². The predicted octanol–water partition coefficient (Wildman–Crippen LogP) is 5.89. The molecule has 1 N–H and O–H groups in total. The minimum Gasteiger partial charge on any atom is -0.326 e. The SMILES string of the molecule is Cc1ccc(-c2csc3ncn(CCC(=O)Nc4c(C)cccc4C(C)C)c(=O)c23)cc1. The largest absolute Gasteiger partial charge is 0.326 e. The molecule has 2 heterocycles. The van der Waals surface area contributed by atoms with E-state index in [1.807, 2.05) is 61.7 Å². The highest BCUT2D eigenvalue weighted by Gasteiger charge is 2.15. The smallest absolute Gasteiger partial charge is 0.262 e. The van der Waals surface area contributed by atoms with Crippen molar-refractivity contribution in [2.75, 3.05) is 5.32 Å². The van der Waals surface area contributed by atoms with Gasteiger partial charge in [-0.15, -0.1) is 11.3 Å². The molecule has 32 heavy (non-hydrogen) atoms. The van der Waals surface area contributed by atoms with Crippen LogP contribution in [0.3, 0.4) is 0 Å². The van der Waals surface area contributed by atoms with Crippen molar-refractivity contribution in [2.45, 2.75) is 46.6 Å². The van der Waals surface area contributed by atoms with Crippen molar-refractivity contribution in [3.8, 4) is 11.1 Å². The Labute approximate surface area is 191 Å². The van der Waals surface area contributed by atoms with Gasteiger partial charge in [0.1, 0.15) is 4.83 Å². The van der Waals surface area contributed by atoms with E-state index in [1.165, 1.54) is 21.5 Å². The normalized spacial score (nSPS) is 11.3. The number of aryl methyl sites for hydroxylation is 3. The van der Waals surface area contributed by atoms with Crippen molar-refractivity contribution in [1.82, 2.24) is 9.55 Å². The fourth-order valence-corrected chi connectivity index (χ4v) is 4.75. The molecule has 0 atom stereocenters. The molecule has 4 rings (SSSR count). The van der Waals surface area contributed by atoms with Crippen LogP contribution in [0, 0.1) is 13.8 Å². The highest BCUT2D eigenvalue weighted by atomic mass is 32.1. The maximum Gasteiger partial charge on any atom is 0.262 e. The van der Waals surface area contributed by atoms with Gasteiger partial charge < -0.3 is 5.32 Å². The molecule has 0 unspecified atom stereocenters. The molecule has 2 aromatic carbocycles. The van der Waals surface area contributed by atoms with Crippen molar-refractivity contribution in [2.24, 2.45) is 0 Å². The van der Waals surface area contributed by atoms with Crippen LogP contribution in [-0.2, 0) is 11.3 Å². The number of aromatic nitrogens is 2. The fraction of sp³-hybridized carbons (Fsp3) is 0.269. The minimum absolute atomic E-state index is 0.113. The molecule has 0 saturated heterocycles. The summed E-state index contributed by atoms with van der Waals surface area (Å²) >= 11 is 1.46. The molecule has 0 fully saturated rings. The van der Waals surface area contributed by atoms with E-state index >= 15 is 0 Å². The summed E-state index contributed by atoms with van der Waals surface area (Å²) in [5.74, 6) is 0.190. The number of para-hydroxylation sites is 1. The first kappa shape index (κ1) is 22.0. The summed E-state index contributed by atoms with van der Waals surface area (Å²) < 4.78 is 1.54. The Morgan fingerprint density at radius 1 is 1.12 bits per heavy atom. The average Bonchev–Trinajstić information content (AvgIpc) is 3.20. The molecule has 5 nitrogen and oxygen atoms in total. The van der Waals surface area contributed by atoms with Gasteiger partial charge >= 0.3 is 0 Å². The number of hydrogen-bond acceptors (Lipinski definition) is 4. The van der Waals surface area contributed by atoms with Crippen LogP contribution in [0.15, 0.2) is 59.0 Å². The van der Waals surface area contributed by atoms with Crippen LogP contribution in [0.5, 0.6) is 0 Å². The van der Waals surface area contributed by atoms with Crippen molar-refractivity contribution in [3.63, 3.8) is 0 Å². The standard InChI is InChI=1S/C26H27N3O2S/c1-16(2)20-7-5-6-18(4)24(20)28-22(30)12-13-29-15-27-25-23(26(29)31)21(14-32-25)19-10-8-17(3)9-11-19/h5-11,14-16H,12-13H2,1-4H3,(H,28,30). The summed E-state index contributed by atoms with van der Waals surface area (Å²) in [7, 11) is 0. The Morgan fingerprint density at radius 3 is 2.59 bits per heavy atom. The second-order valence-electron chi connectivity index (χ2n) is 8.43. The number of carbonyl (C=O) groups is 1. The van der Waals surface area contributed by atoms with Gasteiger partial charge in [-0.1, -0.05) is 61.9 Å². The molecular weight excluding hydrogens is 418 g/mol. The predicted molar refractivity (Wildman–Crippen MR) is 133 cm³/mol. The quantitative estimate of drug-likeness (QED) is 0.402. The van der Waals surface area contributed by atoms with Gasteiger partial charge in [0.25, 0.3) is 5.56 Å². The lowest BCUT2D eigenvalue weighted by atomic mass is 9.98. The molecule has 0 aliphatic carbocycles. The number of hydrogen-bond donors (Lipinski definition) is 1. The summed E-state index contributed by atoms with van der Waals surface area (Å²) in [5.41, 5.74) is 5.96. The number of thiophene rings is 1. The zero-order chi connectivity index (χ0) is 22.8. The minimum atomic E-state index is -0.114. The molecule has 4 aromatic rings. The number of rotatable bonds is 6. The number of amides is 1. The van der Waals surface area contributed by atoms with Gasteiger partial charge in [-0.25, -0.2) is 4.98 Å². The van der Waals surface area contributed by atoms with Gasteiger partial charge in [-0.05, 0) is 36.5 Å². The molecule has 0 aliphatic heterocycles. The fourth-order valence-electron chi connectivity index (χ4n) is 3.84. The zero-order valence-electron chi connectivity index (χ0n) is 18.8. The topological polar surface area (TPSA) is 64.0 Å². The third kappa shape index (κ3) is 4.36. The first-order chi connectivity index (χ1) is 15.3. The number of carbonyl (C=O) groups excluding carboxylic acids is 1. The van der Waals surface area contributed by atoms with Gasteiger partial charge in [0.2, 0.25) is 5.91 Å². The lowest BCUT2D eigenvalue weighted by Gasteiger charge is -2.16. The Morgan fingerprint density at radius 2 is 1.88 bits per heavy atom. The van der Waals surface area contributed by atoms with Crippen molar-refractivity contribution in [3.05, 3.63) is 81.2 Å². The number of fused-ring (bicyclic) bond motifs is 1. The van der Waals surface area contributed by atoms with Gasteiger partial charge in [0.05, 0.1) is 11.7 Å². The molecule has 0 radical (unpaired) electrons. The Bertz CT molecular complexity index is 1330. The molecule has 6 heteroatoms. The van der Waals surface area contributed by atoms with Gasteiger partial charge in [0, 0.05) is 29.6 Å². The van der Waals surface area contributed by atoms with E-state index in [9.17, 15) is 9.59 Å². The number of nitrogens with zero attached hydrogens (tertiary/aromatic N) is 2. The molecule has 0 aliphatic rings. The maximum absolute atomic E-state index is 13.2. The third-order valence-electron chi connectivity index (χ3n) is 5.69. The average molecular weight is 446 g/mol. The number of anilines is 1. The molecular formula is C26H27N3O2S. The Kier molecular flexibility index (Phi) is 6.24. The molecule has 0 spiro atoms. The van der Waals surface area contributed by atoms with Crippen LogP contribution in [0.1, 0.15) is 42.9 Å². The number of nitrogens with one attached hydrogen (secondary N) is 1. The van der Waals surface area contributed by atoms with E-state index in [0.717, 1.165) is 27.9 Å². The van der Waals surface area contributed by atoms with E-state index in [0.29, 0.717) is 16.1 Å². The summed E-state index contributed by atoms with van der Waals surface area (Å²) in [6, 6.07) is 14.2. The first-order valence-corrected chi connectivity index (χ1v) is 11.7. The monoisotopic (exact) mass is 445 g/mol.